The summed E-state index contributed by atoms with van der Waals surface area (Å²) in [4.78, 5) is 11.4. The molecule has 0 spiro atoms. The number of methoxy groups -OCH3 is 1. The second-order valence-corrected chi connectivity index (χ2v) is 3.56. The number of rotatable bonds is 3. The standard InChI is InChI=1S/C12H16O3/c1-4-5-9-6-8(2)7-10(11(9)13)12(14)15-3/h6-7,13H,4-5H2,1-3H3. The van der Waals surface area contributed by atoms with Crippen molar-refractivity contribution in [1.82, 2.24) is 0 Å². The van der Waals surface area contributed by atoms with Gasteiger partial charge in [-0.05, 0) is 30.5 Å². The zero-order chi connectivity index (χ0) is 11.4. The summed E-state index contributed by atoms with van der Waals surface area (Å²) in [5.41, 5.74) is 2.01. The van der Waals surface area contributed by atoms with Crippen molar-refractivity contribution in [2.24, 2.45) is 0 Å². The number of hydrogen-bond acceptors (Lipinski definition) is 3. The molecule has 0 amide bonds. The SMILES string of the molecule is CCCc1cc(C)cc(C(=O)OC)c1O. The molecule has 1 N–H and O–H groups in total. The van der Waals surface area contributed by atoms with E-state index in [9.17, 15) is 9.90 Å². The van der Waals surface area contributed by atoms with Gasteiger partial charge in [0.25, 0.3) is 0 Å². The van der Waals surface area contributed by atoms with Crippen molar-refractivity contribution < 1.29 is 14.6 Å². The molecule has 0 unspecified atom stereocenters. The van der Waals surface area contributed by atoms with E-state index in [4.69, 9.17) is 0 Å². The molecule has 0 saturated heterocycles. The first-order valence-electron chi connectivity index (χ1n) is 5.01. The Morgan fingerprint density at radius 2 is 2.13 bits per heavy atom. The second-order valence-electron chi connectivity index (χ2n) is 3.56. The van der Waals surface area contributed by atoms with E-state index in [1.54, 1.807) is 6.07 Å². The van der Waals surface area contributed by atoms with Crippen molar-refractivity contribution in [2.75, 3.05) is 7.11 Å². The van der Waals surface area contributed by atoms with Crippen LogP contribution in [0, 0.1) is 6.92 Å². The van der Waals surface area contributed by atoms with Crippen molar-refractivity contribution >= 4 is 5.97 Å². The summed E-state index contributed by atoms with van der Waals surface area (Å²) in [7, 11) is 1.31. The van der Waals surface area contributed by atoms with Gasteiger partial charge in [0.2, 0.25) is 0 Å². The minimum Gasteiger partial charge on any atom is -0.507 e. The van der Waals surface area contributed by atoms with Crippen LogP contribution in [0.25, 0.3) is 0 Å². The lowest BCUT2D eigenvalue weighted by Gasteiger charge is -2.09. The van der Waals surface area contributed by atoms with Gasteiger partial charge in [0.05, 0.1) is 7.11 Å². The van der Waals surface area contributed by atoms with Gasteiger partial charge in [0, 0.05) is 0 Å². The van der Waals surface area contributed by atoms with Gasteiger partial charge in [-0.25, -0.2) is 4.79 Å². The van der Waals surface area contributed by atoms with Crippen LogP contribution in [0.2, 0.25) is 0 Å². The third kappa shape index (κ3) is 2.49. The Morgan fingerprint density at radius 1 is 1.47 bits per heavy atom. The topological polar surface area (TPSA) is 46.5 Å². The van der Waals surface area contributed by atoms with E-state index in [1.807, 2.05) is 19.9 Å². The van der Waals surface area contributed by atoms with Crippen LogP contribution >= 0.6 is 0 Å². The molecule has 82 valence electrons. The predicted octanol–water partition coefficient (Wildman–Crippen LogP) is 2.44. The minimum absolute atomic E-state index is 0.0503. The molecule has 1 aromatic carbocycles. The number of esters is 1. The molecule has 0 aliphatic carbocycles. The van der Waals surface area contributed by atoms with Gasteiger partial charge in [-0.3, -0.25) is 0 Å². The maximum atomic E-state index is 11.4. The van der Waals surface area contributed by atoms with Crippen LogP contribution in [0.1, 0.15) is 34.8 Å². The monoisotopic (exact) mass is 208 g/mol. The molecule has 0 heterocycles. The molecule has 0 aromatic heterocycles. The molecule has 1 aromatic rings. The molecule has 0 saturated carbocycles. The Balaban J connectivity index is 3.21. The first-order valence-corrected chi connectivity index (χ1v) is 5.01. The molecule has 3 nitrogen and oxygen atoms in total. The molecule has 0 atom stereocenters. The Hall–Kier alpha value is -1.51. The number of hydrogen-bond donors (Lipinski definition) is 1. The van der Waals surface area contributed by atoms with Gasteiger partial charge in [0.1, 0.15) is 11.3 Å². The van der Waals surface area contributed by atoms with Crippen molar-refractivity contribution in [2.45, 2.75) is 26.7 Å². The van der Waals surface area contributed by atoms with Gasteiger partial charge in [-0.2, -0.15) is 0 Å². The molecular weight excluding hydrogens is 192 g/mol. The van der Waals surface area contributed by atoms with Crippen molar-refractivity contribution in [3.63, 3.8) is 0 Å². The number of aryl methyl sites for hydroxylation is 2. The molecule has 0 aliphatic heterocycles. The average Bonchev–Trinajstić information content (AvgIpc) is 2.22. The summed E-state index contributed by atoms with van der Waals surface area (Å²) in [6.07, 6.45) is 1.69. The minimum atomic E-state index is -0.492. The predicted molar refractivity (Wildman–Crippen MR) is 58.2 cm³/mol. The van der Waals surface area contributed by atoms with E-state index < -0.39 is 5.97 Å². The largest absolute Gasteiger partial charge is 0.507 e. The highest BCUT2D eigenvalue weighted by atomic mass is 16.5. The second kappa shape index (κ2) is 4.82. The zero-order valence-corrected chi connectivity index (χ0v) is 9.33. The zero-order valence-electron chi connectivity index (χ0n) is 9.33. The van der Waals surface area contributed by atoms with E-state index in [-0.39, 0.29) is 11.3 Å². The number of phenolic OH excluding ortho intramolecular Hbond substituents is 1. The lowest BCUT2D eigenvalue weighted by Crippen LogP contribution is -2.03. The third-order valence-corrected chi connectivity index (χ3v) is 2.26. The number of ether oxygens (including phenoxy) is 1. The van der Waals surface area contributed by atoms with Crippen LogP contribution in [-0.2, 0) is 11.2 Å². The Morgan fingerprint density at radius 3 is 2.67 bits per heavy atom. The fourth-order valence-corrected chi connectivity index (χ4v) is 1.58. The normalized spacial score (nSPS) is 10.1. The molecule has 15 heavy (non-hydrogen) atoms. The first-order chi connectivity index (χ1) is 7.10. The van der Waals surface area contributed by atoms with E-state index in [0.717, 1.165) is 24.0 Å². The van der Waals surface area contributed by atoms with E-state index in [1.165, 1.54) is 7.11 Å². The van der Waals surface area contributed by atoms with Gasteiger partial charge < -0.3 is 9.84 Å². The Kier molecular flexibility index (Phi) is 3.72. The third-order valence-electron chi connectivity index (χ3n) is 2.26. The molecule has 0 aliphatic rings. The van der Waals surface area contributed by atoms with Crippen LogP contribution < -0.4 is 0 Å². The molecule has 0 fully saturated rings. The fraction of sp³-hybridized carbons (Fsp3) is 0.417. The van der Waals surface area contributed by atoms with Crippen LogP contribution in [0.15, 0.2) is 12.1 Å². The van der Waals surface area contributed by atoms with Gasteiger partial charge in [0.15, 0.2) is 0 Å². The lowest BCUT2D eigenvalue weighted by atomic mass is 10.0. The van der Waals surface area contributed by atoms with E-state index in [0.29, 0.717) is 0 Å². The summed E-state index contributed by atoms with van der Waals surface area (Å²) < 4.78 is 4.61. The molecular formula is C12H16O3. The highest BCUT2D eigenvalue weighted by Crippen LogP contribution is 2.26. The quantitative estimate of drug-likeness (QED) is 0.776. The van der Waals surface area contributed by atoms with E-state index in [2.05, 4.69) is 4.74 Å². The highest BCUT2D eigenvalue weighted by Gasteiger charge is 2.15. The number of carbonyl (C=O) groups excluding carboxylic acids is 1. The summed E-state index contributed by atoms with van der Waals surface area (Å²) in [5, 5.41) is 9.85. The summed E-state index contributed by atoms with van der Waals surface area (Å²) >= 11 is 0. The van der Waals surface area contributed by atoms with Gasteiger partial charge in [-0.15, -0.1) is 0 Å². The van der Waals surface area contributed by atoms with E-state index >= 15 is 0 Å². The maximum Gasteiger partial charge on any atom is 0.341 e. The number of carbonyl (C=O) groups is 1. The van der Waals surface area contributed by atoms with Crippen molar-refractivity contribution in [3.8, 4) is 5.75 Å². The average molecular weight is 208 g/mol. The summed E-state index contributed by atoms with van der Waals surface area (Å²) in [6, 6.07) is 3.53. The number of benzene rings is 1. The van der Waals surface area contributed by atoms with Crippen molar-refractivity contribution in [1.29, 1.82) is 0 Å². The lowest BCUT2D eigenvalue weighted by molar-refractivity contribution is 0.0597. The Labute approximate surface area is 89.7 Å². The summed E-state index contributed by atoms with van der Waals surface area (Å²) in [6.45, 7) is 3.92. The van der Waals surface area contributed by atoms with Crippen LogP contribution in [0.3, 0.4) is 0 Å². The van der Waals surface area contributed by atoms with Crippen LogP contribution in [0.5, 0.6) is 5.75 Å². The highest BCUT2D eigenvalue weighted by molar-refractivity contribution is 5.93. The maximum absolute atomic E-state index is 11.4. The summed E-state index contributed by atoms with van der Waals surface area (Å²) in [5.74, 6) is -0.442. The number of aromatic hydroxyl groups is 1. The smallest absolute Gasteiger partial charge is 0.341 e. The first kappa shape index (κ1) is 11.6. The van der Waals surface area contributed by atoms with Gasteiger partial charge in [-0.1, -0.05) is 19.4 Å². The molecule has 0 radical (unpaired) electrons. The molecule has 3 heteroatoms. The van der Waals surface area contributed by atoms with Crippen molar-refractivity contribution in [3.05, 3.63) is 28.8 Å². The van der Waals surface area contributed by atoms with Gasteiger partial charge >= 0.3 is 5.97 Å². The molecule has 1 rings (SSSR count). The van der Waals surface area contributed by atoms with Crippen LogP contribution in [-0.4, -0.2) is 18.2 Å². The van der Waals surface area contributed by atoms with Crippen LogP contribution in [0.4, 0.5) is 0 Å². The fourth-order valence-electron chi connectivity index (χ4n) is 1.58. The Bertz CT molecular complexity index is 369. The number of phenols is 1. The molecule has 0 bridgehead atoms.